The summed E-state index contributed by atoms with van der Waals surface area (Å²) < 4.78 is 11.0. The molecule has 1 aliphatic rings. The monoisotopic (exact) mass is 315 g/mol. The summed E-state index contributed by atoms with van der Waals surface area (Å²) in [5.74, 6) is 1.45. The summed E-state index contributed by atoms with van der Waals surface area (Å²) in [4.78, 5) is 4.94. The quantitative estimate of drug-likeness (QED) is 0.848. The summed E-state index contributed by atoms with van der Waals surface area (Å²) >= 11 is 13.0. The Balaban J connectivity index is 1.89. The predicted molar refractivity (Wildman–Crippen MR) is 71.4 cm³/mol. The molecule has 0 atom stereocenters. The van der Waals surface area contributed by atoms with Crippen LogP contribution in [0.5, 0.6) is 11.5 Å². The minimum absolute atomic E-state index is 0.0597. The maximum atomic E-state index is 5.92. The third-order valence-electron chi connectivity index (χ3n) is 2.32. The Labute approximate surface area is 123 Å². The first-order valence-electron chi connectivity index (χ1n) is 5.35. The van der Waals surface area contributed by atoms with E-state index < -0.39 is 0 Å². The van der Waals surface area contributed by atoms with Gasteiger partial charge in [0, 0.05) is 4.90 Å². The normalized spacial score (nSPS) is 13.4. The number of halogens is 2. The zero-order valence-corrected chi connectivity index (χ0v) is 11.8. The number of fused-ring (bicyclic) bond motifs is 1. The van der Waals surface area contributed by atoms with E-state index in [1.54, 1.807) is 0 Å². The van der Waals surface area contributed by atoms with Gasteiger partial charge in [-0.25, -0.2) is 4.98 Å². The molecule has 0 aliphatic carbocycles. The molecule has 3 rings (SSSR count). The molecule has 2 aromatic rings. The first-order valence-corrected chi connectivity index (χ1v) is 6.93. The van der Waals surface area contributed by atoms with Crippen molar-refractivity contribution in [3.63, 3.8) is 0 Å². The van der Waals surface area contributed by atoms with E-state index in [0.717, 1.165) is 10.6 Å². The largest absolute Gasteiger partial charge is 0.486 e. The topological polar surface area (TPSA) is 57.1 Å². The molecular weight excluding hydrogens is 309 g/mol. The third kappa shape index (κ3) is 2.86. The van der Waals surface area contributed by atoms with Crippen LogP contribution >= 0.6 is 35.0 Å². The van der Waals surface area contributed by atoms with Crippen LogP contribution in [-0.4, -0.2) is 28.4 Å². The van der Waals surface area contributed by atoms with Crippen LogP contribution in [0.3, 0.4) is 0 Å². The molecule has 0 radical (unpaired) electrons. The molecule has 0 N–H and O–H groups in total. The Kier molecular flexibility index (Phi) is 3.63. The van der Waals surface area contributed by atoms with Gasteiger partial charge < -0.3 is 9.47 Å². The van der Waals surface area contributed by atoms with E-state index in [2.05, 4.69) is 15.2 Å². The van der Waals surface area contributed by atoms with Crippen molar-refractivity contribution in [2.24, 2.45) is 0 Å². The van der Waals surface area contributed by atoms with E-state index in [9.17, 15) is 0 Å². The molecule has 0 amide bonds. The Morgan fingerprint density at radius 2 is 1.84 bits per heavy atom. The second-order valence-corrected chi connectivity index (χ2v) is 5.34. The molecule has 19 heavy (non-hydrogen) atoms. The Morgan fingerprint density at radius 3 is 2.68 bits per heavy atom. The summed E-state index contributed by atoms with van der Waals surface area (Å²) in [6.45, 7) is 1.11. The van der Waals surface area contributed by atoms with E-state index in [-0.39, 0.29) is 10.4 Å². The van der Waals surface area contributed by atoms with Gasteiger partial charge in [-0.15, -0.1) is 10.2 Å². The van der Waals surface area contributed by atoms with Crippen LogP contribution in [0.4, 0.5) is 0 Å². The molecule has 8 heteroatoms. The van der Waals surface area contributed by atoms with E-state index in [0.29, 0.717) is 24.0 Å². The molecule has 1 aromatic heterocycles. The Bertz CT molecular complexity index is 627. The number of rotatable bonds is 2. The van der Waals surface area contributed by atoms with Gasteiger partial charge in [0.2, 0.25) is 5.28 Å². The lowest BCUT2D eigenvalue weighted by atomic mass is 10.3. The van der Waals surface area contributed by atoms with Crippen LogP contribution in [0.25, 0.3) is 0 Å². The molecule has 2 heterocycles. The summed E-state index contributed by atoms with van der Waals surface area (Å²) in [6, 6.07) is 5.61. The molecule has 0 unspecified atom stereocenters. The molecule has 1 aliphatic heterocycles. The van der Waals surface area contributed by atoms with Crippen LogP contribution in [0.15, 0.2) is 28.1 Å². The lowest BCUT2D eigenvalue weighted by Gasteiger charge is -2.18. The van der Waals surface area contributed by atoms with Gasteiger partial charge >= 0.3 is 0 Å². The van der Waals surface area contributed by atoms with Gasteiger partial charge in [-0.05, 0) is 29.8 Å². The fourth-order valence-electron chi connectivity index (χ4n) is 1.54. The third-order valence-corrected chi connectivity index (χ3v) is 3.81. The summed E-state index contributed by atoms with van der Waals surface area (Å²) in [7, 11) is 0. The van der Waals surface area contributed by atoms with Gasteiger partial charge in [0.15, 0.2) is 16.7 Å². The summed E-state index contributed by atoms with van der Waals surface area (Å²) in [5, 5.41) is 8.04. The number of aromatic nitrogens is 3. The molecule has 5 nitrogen and oxygen atoms in total. The number of hydrogen-bond acceptors (Lipinski definition) is 6. The van der Waals surface area contributed by atoms with Gasteiger partial charge in [0.05, 0.1) is 0 Å². The van der Waals surface area contributed by atoms with Crippen LogP contribution in [-0.2, 0) is 0 Å². The maximum Gasteiger partial charge on any atom is 0.244 e. The van der Waals surface area contributed by atoms with Crippen molar-refractivity contribution >= 4 is 35.0 Å². The number of hydrogen-bond donors (Lipinski definition) is 0. The number of ether oxygens (including phenoxy) is 2. The molecule has 0 saturated carbocycles. The highest BCUT2D eigenvalue weighted by atomic mass is 35.5. The van der Waals surface area contributed by atoms with Crippen molar-refractivity contribution in [2.75, 3.05) is 13.2 Å². The minimum atomic E-state index is 0.0597. The van der Waals surface area contributed by atoms with E-state index in [4.69, 9.17) is 32.7 Å². The molecule has 98 valence electrons. The average molecular weight is 316 g/mol. The highest BCUT2D eigenvalue weighted by Gasteiger charge is 2.14. The standard InChI is InChI=1S/C11H7Cl2N3O2S/c12-9-10(14-11(13)16-15-9)19-6-1-2-7-8(5-6)18-4-3-17-7/h1-2,5H,3-4H2. The van der Waals surface area contributed by atoms with Crippen LogP contribution in [0.1, 0.15) is 0 Å². The molecule has 0 spiro atoms. The maximum absolute atomic E-state index is 5.92. The highest BCUT2D eigenvalue weighted by Crippen LogP contribution is 2.37. The average Bonchev–Trinajstić information content (AvgIpc) is 2.43. The van der Waals surface area contributed by atoms with Crippen LogP contribution < -0.4 is 9.47 Å². The smallest absolute Gasteiger partial charge is 0.244 e. The van der Waals surface area contributed by atoms with Gasteiger partial charge in [-0.3, -0.25) is 0 Å². The van der Waals surface area contributed by atoms with Crippen LogP contribution in [0.2, 0.25) is 10.4 Å². The summed E-state index contributed by atoms with van der Waals surface area (Å²) in [6.07, 6.45) is 0. The summed E-state index contributed by atoms with van der Waals surface area (Å²) in [5.41, 5.74) is 0. The van der Waals surface area contributed by atoms with Gasteiger partial charge in [0.25, 0.3) is 0 Å². The zero-order chi connectivity index (χ0) is 13.2. The van der Waals surface area contributed by atoms with Crippen molar-refractivity contribution < 1.29 is 9.47 Å². The second kappa shape index (κ2) is 5.40. The molecule has 0 saturated heterocycles. The van der Waals surface area contributed by atoms with Gasteiger partial charge in [-0.2, -0.15) is 0 Å². The van der Waals surface area contributed by atoms with E-state index >= 15 is 0 Å². The predicted octanol–water partition coefficient (Wildman–Crippen LogP) is 3.10. The van der Waals surface area contributed by atoms with Crippen molar-refractivity contribution in [1.29, 1.82) is 0 Å². The van der Waals surface area contributed by atoms with E-state index in [1.165, 1.54) is 11.8 Å². The second-order valence-electron chi connectivity index (χ2n) is 3.58. The lowest BCUT2D eigenvalue weighted by molar-refractivity contribution is 0.171. The van der Waals surface area contributed by atoms with Crippen molar-refractivity contribution in [3.05, 3.63) is 28.6 Å². The lowest BCUT2D eigenvalue weighted by Crippen LogP contribution is -2.15. The SMILES string of the molecule is Clc1nnc(Cl)c(Sc2ccc3c(c2)OCCO3)n1. The highest BCUT2D eigenvalue weighted by molar-refractivity contribution is 7.99. The number of benzene rings is 1. The molecule has 0 bridgehead atoms. The fourth-order valence-corrected chi connectivity index (χ4v) is 2.69. The minimum Gasteiger partial charge on any atom is -0.486 e. The zero-order valence-electron chi connectivity index (χ0n) is 9.47. The molecule has 0 fully saturated rings. The van der Waals surface area contributed by atoms with E-state index in [1.807, 2.05) is 18.2 Å². The number of nitrogens with zero attached hydrogens (tertiary/aromatic N) is 3. The first kappa shape index (κ1) is 12.8. The van der Waals surface area contributed by atoms with Gasteiger partial charge in [-0.1, -0.05) is 23.4 Å². The first-order chi connectivity index (χ1) is 9.22. The van der Waals surface area contributed by atoms with Gasteiger partial charge in [0.1, 0.15) is 18.2 Å². The molecule has 1 aromatic carbocycles. The van der Waals surface area contributed by atoms with Crippen molar-refractivity contribution in [1.82, 2.24) is 15.2 Å². The Morgan fingerprint density at radius 1 is 1.05 bits per heavy atom. The van der Waals surface area contributed by atoms with Crippen LogP contribution in [0, 0.1) is 0 Å². The van der Waals surface area contributed by atoms with Crippen molar-refractivity contribution in [3.8, 4) is 11.5 Å². The molecular formula is C11H7Cl2N3O2S. The van der Waals surface area contributed by atoms with Crippen molar-refractivity contribution in [2.45, 2.75) is 9.92 Å². The Hall–Kier alpha value is -1.24. The fraction of sp³-hybridized carbons (Fsp3) is 0.182.